The van der Waals surface area contributed by atoms with Gasteiger partial charge in [0.25, 0.3) is 0 Å². The van der Waals surface area contributed by atoms with Crippen LogP contribution in [0.4, 0.5) is 0 Å². The van der Waals surface area contributed by atoms with Crippen molar-refractivity contribution in [1.82, 2.24) is 9.47 Å². The molecule has 3 nitrogen and oxygen atoms in total. The molecule has 1 saturated heterocycles. The quantitative estimate of drug-likeness (QED) is 0.476. The number of aliphatic hydroxyl groups excluding tert-OH is 1. The Hall–Kier alpha value is -1.11. The largest absolute Gasteiger partial charge is 0.390 e. The van der Waals surface area contributed by atoms with Gasteiger partial charge in [0.15, 0.2) is 0 Å². The summed E-state index contributed by atoms with van der Waals surface area (Å²) < 4.78 is 3.56. The minimum absolute atomic E-state index is 0.363. The van der Waals surface area contributed by atoms with Crippen LogP contribution in [0.15, 0.2) is 42.5 Å². The van der Waals surface area contributed by atoms with Gasteiger partial charge in [0.1, 0.15) is 0 Å². The van der Waals surface area contributed by atoms with Gasteiger partial charge in [0.2, 0.25) is 0 Å². The van der Waals surface area contributed by atoms with E-state index in [0.717, 1.165) is 25.6 Å². The van der Waals surface area contributed by atoms with E-state index < -0.39 is 0 Å². The molecule has 0 radical (unpaired) electrons. The van der Waals surface area contributed by atoms with Gasteiger partial charge in [-0.3, -0.25) is 4.90 Å². The monoisotopic (exact) mass is 502 g/mol. The number of aromatic nitrogens is 1. The van der Waals surface area contributed by atoms with Gasteiger partial charge in [-0.25, -0.2) is 0 Å². The topological polar surface area (TPSA) is 28.4 Å². The summed E-state index contributed by atoms with van der Waals surface area (Å²) in [7, 11) is 0. The second-order valence-electron chi connectivity index (χ2n) is 10.2. The SMILES string of the molecule is CC1(C)[C@H]2CC[C@]1(C)CN(C[C@@H](O)Cn1c3ccccc3c3cc(I)ccc31)C2. The number of nitrogens with zero attached hydrogens (tertiary/aromatic N) is 2. The number of para-hydroxylation sites is 1. The third-order valence-corrected chi connectivity index (χ3v) is 8.94. The summed E-state index contributed by atoms with van der Waals surface area (Å²) in [4.78, 5) is 2.53. The van der Waals surface area contributed by atoms with Gasteiger partial charge in [-0.1, -0.05) is 39.0 Å². The third kappa shape index (κ3) is 3.14. The van der Waals surface area contributed by atoms with E-state index in [1.54, 1.807) is 0 Å². The van der Waals surface area contributed by atoms with Gasteiger partial charge in [-0.05, 0) is 76.4 Å². The van der Waals surface area contributed by atoms with Crippen molar-refractivity contribution in [3.05, 3.63) is 46.0 Å². The van der Waals surface area contributed by atoms with Crippen molar-refractivity contribution in [3.8, 4) is 0 Å². The van der Waals surface area contributed by atoms with Crippen LogP contribution in [0.25, 0.3) is 21.8 Å². The molecule has 2 bridgehead atoms. The van der Waals surface area contributed by atoms with Crippen LogP contribution < -0.4 is 0 Å². The zero-order valence-electron chi connectivity index (χ0n) is 17.7. The predicted molar refractivity (Wildman–Crippen MR) is 129 cm³/mol. The Balaban J connectivity index is 1.40. The number of halogens is 1. The van der Waals surface area contributed by atoms with Crippen LogP contribution in [0.5, 0.6) is 0 Å². The summed E-state index contributed by atoms with van der Waals surface area (Å²) in [6, 6.07) is 15.2. The summed E-state index contributed by atoms with van der Waals surface area (Å²) in [6.07, 6.45) is 2.29. The van der Waals surface area contributed by atoms with Crippen molar-refractivity contribution in [2.24, 2.45) is 16.7 Å². The van der Waals surface area contributed by atoms with E-state index in [1.165, 1.54) is 38.2 Å². The molecule has 0 amide bonds. The smallest absolute Gasteiger partial charge is 0.0845 e. The number of hydrogen-bond acceptors (Lipinski definition) is 2. The number of β-amino-alcohol motifs (C(OH)–C–C–N with tert-alkyl or cyclic N) is 1. The number of hydrogen-bond donors (Lipinski definition) is 1. The van der Waals surface area contributed by atoms with Gasteiger partial charge >= 0.3 is 0 Å². The molecule has 2 aliphatic rings. The molecular weight excluding hydrogens is 471 g/mol. The number of fused-ring (bicyclic) bond motifs is 5. The summed E-state index contributed by atoms with van der Waals surface area (Å²) in [6.45, 7) is 11.0. The molecule has 0 spiro atoms. The molecule has 2 heterocycles. The Morgan fingerprint density at radius 1 is 1.07 bits per heavy atom. The highest BCUT2D eigenvalue weighted by Crippen LogP contribution is 2.58. The summed E-state index contributed by atoms with van der Waals surface area (Å²) in [5, 5.41) is 13.6. The van der Waals surface area contributed by atoms with Gasteiger partial charge in [-0.2, -0.15) is 0 Å². The molecule has 1 aliphatic heterocycles. The third-order valence-electron chi connectivity index (χ3n) is 8.27. The second-order valence-corrected chi connectivity index (χ2v) is 11.4. The number of benzene rings is 2. The highest BCUT2D eigenvalue weighted by atomic mass is 127. The zero-order valence-corrected chi connectivity index (χ0v) is 19.8. The molecular formula is C25H31IN2O. The Morgan fingerprint density at radius 2 is 1.83 bits per heavy atom. The summed E-state index contributed by atoms with van der Waals surface area (Å²) in [5.74, 6) is 0.753. The fourth-order valence-electron chi connectivity index (χ4n) is 6.07. The van der Waals surface area contributed by atoms with Crippen LogP contribution in [0.2, 0.25) is 0 Å². The van der Waals surface area contributed by atoms with Crippen LogP contribution in [-0.4, -0.2) is 40.3 Å². The molecule has 154 valence electrons. The van der Waals surface area contributed by atoms with Crippen molar-refractivity contribution in [2.45, 2.75) is 46.3 Å². The van der Waals surface area contributed by atoms with E-state index in [4.69, 9.17) is 0 Å². The molecule has 29 heavy (non-hydrogen) atoms. The molecule has 2 aromatic carbocycles. The average molecular weight is 502 g/mol. The molecule has 1 aliphatic carbocycles. The lowest BCUT2D eigenvalue weighted by Crippen LogP contribution is -2.53. The number of likely N-dealkylation sites (tertiary alicyclic amines) is 1. The number of rotatable bonds is 4. The van der Waals surface area contributed by atoms with E-state index in [0.29, 0.717) is 17.4 Å². The van der Waals surface area contributed by atoms with Gasteiger partial charge < -0.3 is 9.67 Å². The minimum Gasteiger partial charge on any atom is -0.390 e. The lowest BCUT2D eigenvalue weighted by molar-refractivity contribution is -0.0345. The van der Waals surface area contributed by atoms with Crippen molar-refractivity contribution >= 4 is 44.4 Å². The fraction of sp³-hybridized carbons (Fsp3) is 0.520. The molecule has 2 fully saturated rings. The summed E-state index contributed by atoms with van der Waals surface area (Å²) >= 11 is 2.38. The average Bonchev–Trinajstić information content (AvgIpc) is 2.98. The molecule has 1 N–H and O–H groups in total. The molecule has 5 rings (SSSR count). The van der Waals surface area contributed by atoms with E-state index >= 15 is 0 Å². The Kier molecular flexibility index (Phi) is 4.76. The van der Waals surface area contributed by atoms with Crippen LogP contribution in [-0.2, 0) is 6.54 Å². The molecule has 3 atom stereocenters. The van der Waals surface area contributed by atoms with Gasteiger partial charge in [0.05, 0.1) is 12.6 Å². The molecule has 4 heteroatoms. The van der Waals surface area contributed by atoms with Crippen LogP contribution >= 0.6 is 22.6 Å². The maximum Gasteiger partial charge on any atom is 0.0845 e. The normalized spacial score (nSPS) is 27.7. The van der Waals surface area contributed by atoms with Gasteiger partial charge in [0, 0.05) is 45.0 Å². The first-order chi connectivity index (χ1) is 13.8. The van der Waals surface area contributed by atoms with Crippen molar-refractivity contribution in [1.29, 1.82) is 0 Å². The fourth-order valence-corrected chi connectivity index (χ4v) is 6.56. The van der Waals surface area contributed by atoms with E-state index in [2.05, 4.69) is 95.3 Å². The standard InChI is InChI=1S/C25H31IN2O/c1-24(2)17-10-11-25(24,3)16-27(13-17)14-19(29)15-28-22-7-5-4-6-20(22)21-12-18(26)8-9-23(21)28/h4-9,12,17,19,29H,10-11,13-16H2,1-3H3/t17-,19+,25+/m0/s1. The van der Waals surface area contributed by atoms with Gasteiger partial charge in [-0.15, -0.1) is 0 Å². The van der Waals surface area contributed by atoms with Crippen LogP contribution in [0.1, 0.15) is 33.6 Å². The molecule has 0 unspecified atom stereocenters. The lowest BCUT2D eigenvalue weighted by atomic mass is 9.63. The molecule has 3 aromatic rings. The first-order valence-electron chi connectivity index (χ1n) is 10.9. The first kappa shape index (κ1) is 19.8. The molecule has 1 saturated carbocycles. The highest BCUT2D eigenvalue weighted by Gasteiger charge is 2.55. The van der Waals surface area contributed by atoms with Crippen LogP contribution in [0, 0.1) is 20.3 Å². The Morgan fingerprint density at radius 3 is 2.62 bits per heavy atom. The number of aliphatic hydroxyl groups is 1. The second kappa shape index (κ2) is 6.96. The van der Waals surface area contributed by atoms with E-state index in [9.17, 15) is 5.11 Å². The predicted octanol–water partition coefficient (Wildman–Crippen LogP) is 5.52. The van der Waals surface area contributed by atoms with E-state index in [1.807, 2.05) is 0 Å². The maximum absolute atomic E-state index is 11.1. The maximum atomic E-state index is 11.1. The zero-order chi connectivity index (χ0) is 20.4. The number of piperidine rings is 1. The van der Waals surface area contributed by atoms with Crippen molar-refractivity contribution in [3.63, 3.8) is 0 Å². The van der Waals surface area contributed by atoms with E-state index in [-0.39, 0.29) is 6.10 Å². The highest BCUT2D eigenvalue weighted by molar-refractivity contribution is 14.1. The van der Waals surface area contributed by atoms with Crippen molar-refractivity contribution in [2.75, 3.05) is 19.6 Å². The Bertz CT molecular complexity index is 1070. The summed E-state index contributed by atoms with van der Waals surface area (Å²) in [5.41, 5.74) is 3.23. The molecule has 1 aromatic heterocycles. The lowest BCUT2D eigenvalue weighted by Gasteiger charge is -2.50. The van der Waals surface area contributed by atoms with Crippen LogP contribution in [0.3, 0.4) is 0 Å². The van der Waals surface area contributed by atoms with Crippen molar-refractivity contribution < 1.29 is 5.11 Å². The minimum atomic E-state index is -0.363. The first-order valence-corrected chi connectivity index (χ1v) is 11.9. The Labute approximate surface area is 187 Å².